The first kappa shape index (κ1) is 17.4. The normalized spacial score (nSPS) is 25.3. The third-order valence-electron chi connectivity index (χ3n) is 5.62. The van der Waals surface area contributed by atoms with Crippen LogP contribution in [0.25, 0.3) is 0 Å². The zero-order chi connectivity index (χ0) is 17.2. The summed E-state index contributed by atoms with van der Waals surface area (Å²) in [4.78, 5) is 15.4. The second-order valence-corrected chi connectivity index (χ2v) is 7.22. The number of benzene rings is 1. The van der Waals surface area contributed by atoms with E-state index >= 15 is 0 Å². The maximum absolute atomic E-state index is 13.8. The van der Waals surface area contributed by atoms with Crippen LogP contribution in [0.4, 0.5) is 4.39 Å². The van der Waals surface area contributed by atoms with Gasteiger partial charge in [-0.3, -0.25) is 4.79 Å². The van der Waals surface area contributed by atoms with Gasteiger partial charge in [0.15, 0.2) is 0 Å². The van der Waals surface area contributed by atoms with Gasteiger partial charge in [-0.2, -0.15) is 0 Å². The Morgan fingerprint density at radius 1 is 1.42 bits per heavy atom. The number of piperidine rings is 1. The minimum absolute atomic E-state index is 0.0837. The van der Waals surface area contributed by atoms with Crippen molar-refractivity contribution in [2.75, 3.05) is 26.3 Å². The molecular formula is C19H27FN2O2. The fourth-order valence-corrected chi connectivity index (χ4v) is 4.06. The second-order valence-electron chi connectivity index (χ2n) is 7.22. The summed E-state index contributed by atoms with van der Waals surface area (Å²) in [6, 6.07) is 6.58. The second kappa shape index (κ2) is 7.19. The van der Waals surface area contributed by atoms with Crippen molar-refractivity contribution in [1.82, 2.24) is 4.90 Å². The van der Waals surface area contributed by atoms with Crippen molar-refractivity contribution >= 4 is 5.91 Å². The molecule has 1 aromatic rings. The Labute approximate surface area is 143 Å². The Morgan fingerprint density at radius 3 is 2.83 bits per heavy atom. The van der Waals surface area contributed by atoms with Crippen LogP contribution in [0, 0.1) is 11.7 Å². The molecule has 2 heterocycles. The number of carbonyl (C=O) groups is 1. The molecule has 24 heavy (non-hydrogen) atoms. The Kier molecular flexibility index (Phi) is 5.21. The molecular weight excluding hydrogens is 307 g/mol. The molecule has 5 heteroatoms. The lowest BCUT2D eigenvalue weighted by Crippen LogP contribution is -2.54. The first-order valence-corrected chi connectivity index (χ1v) is 8.92. The number of nitrogens with zero attached hydrogens (tertiary/aromatic N) is 1. The van der Waals surface area contributed by atoms with E-state index in [9.17, 15) is 9.18 Å². The standard InChI is InChI=1S/C19H27FN2O2/c1-14(21)15-4-3-9-22(13-15)18(23)19(7-10-24-11-8-19)16-5-2-6-17(20)12-16/h2,5-6,12,14-15H,3-4,7-11,13,21H2,1H3. The first-order valence-electron chi connectivity index (χ1n) is 8.92. The van der Waals surface area contributed by atoms with Gasteiger partial charge in [0.1, 0.15) is 5.82 Å². The van der Waals surface area contributed by atoms with Crippen LogP contribution in [0.5, 0.6) is 0 Å². The van der Waals surface area contributed by atoms with Crippen molar-refractivity contribution in [2.45, 2.75) is 44.1 Å². The number of ether oxygens (including phenoxy) is 1. The number of carbonyl (C=O) groups excluding carboxylic acids is 1. The summed E-state index contributed by atoms with van der Waals surface area (Å²) < 4.78 is 19.3. The molecule has 0 aliphatic carbocycles. The van der Waals surface area contributed by atoms with Crippen LogP contribution >= 0.6 is 0 Å². The van der Waals surface area contributed by atoms with E-state index in [-0.39, 0.29) is 17.8 Å². The number of likely N-dealkylation sites (tertiary alicyclic amines) is 1. The van der Waals surface area contributed by atoms with Crippen molar-refractivity contribution in [3.63, 3.8) is 0 Å². The fraction of sp³-hybridized carbons (Fsp3) is 0.632. The Bertz CT molecular complexity index is 584. The summed E-state index contributed by atoms with van der Waals surface area (Å²) >= 11 is 0. The number of halogens is 1. The van der Waals surface area contributed by atoms with E-state index in [1.54, 1.807) is 6.07 Å². The maximum atomic E-state index is 13.8. The molecule has 0 bridgehead atoms. The quantitative estimate of drug-likeness (QED) is 0.924. The van der Waals surface area contributed by atoms with Gasteiger partial charge in [-0.1, -0.05) is 12.1 Å². The number of rotatable bonds is 3. The summed E-state index contributed by atoms with van der Waals surface area (Å²) in [5.74, 6) is 0.159. The van der Waals surface area contributed by atoms with E-state index in [0.29, 0.717) is 38.5 Å². The number of amides is 1. The molecule has 2 fully saturated rings. The van der Waals surface area contributed by atoms with E-state index in [2.05, 4.69) is 0 Å². The monoisotopic (exact) mass is 334 g/mol. The minimum atomic E-state index is -0.667. The summed E-state index contributed by atoms with van der Waals surface area (Å²) in [5, 5.41) is 0. The molecule has 2 saturated heterocycles. The molecule has 0 radical (unpaired) electrons. The van der Waals surface area contributed by atoms with Gasteiger partial charge < -0.3 is 15.4 Å². The lowest BCUT2D eigenvalue weighted by Gasteiger charge is -2.43. The van der Waals surface area contributed by atoms with Gasteiger partial charge in [0, 0.05) is 32.3 Å². The lowest BCUT2D eigenvalue weighted by atomic mass is 9.72. The highest BCUT2D eigenvalue weighted by Gasteiger charge is 2.45. The average Bonchev–Trinajstić information content (AvgIpc) is 2.61. The van der Waals surface area contributed by atoms with Crippen molar-refractivity contribution in [1.29, 1.82) is 0 Å². The molecule has 1 amide bonds. The van der Waals surface area contributed by atoms with Crippen molar-refractivity contribution in [2.24, 2.45) is 11.7 Å². The largest absolute Gasteiger partial charge is 0.381 e. The third kappa shape index (κ3) is 3.33. The molecule has 2 aliphatic heterocycles. The number of hydrogen-bond acceptors (Lipinski definition) is 3. The van der Waals surface area contributed by atoms with Gasteiger partial charge >= 0.3 is 0 Å². The molecule has 3 rings (SSSR count). The molecule has 2 atom stereocenters. The van der Waals surface area contributed by atoms with Crippen LogP contribution in [0.2, 0.25) is 0 Å². The van der Waals surface area contributed by atoms with Gasteiger partial charge in [0.2, 0.25) is 5.91 Å². The van der Waals surface area contributed by atoms with Crippen LogP contribution in [0.15, 0.2) is 24.3 Å². The van der Waals surface area contributed by atoms with Gasteiger partial charge in [0.05, 0.1) is 5.41 Å². The van der Waals surface area contributed by atoms with Gasteiger partial charge in [-0.15, -0.1) is 0 Å². The minimum Gasteiger partial charge on any atom is -0.381 e. The fourth-order valence-electron chi connectivity index (χ4n) is 4.06. The van der Waals surface area contributed by atoms with Crippen molar-refractivity contribution in [3.05, 3.63) is 35.6 Å². The molecule has 0 saturated carbocycles. The van der Waals surface area contributed by atoms with E-state index in [0.717, 1.165) is 24.9 Å². The molecule has 1 aromatic carbocycles. The van der Waals surface area contributed by atoms with E-state index in [4.69, 9.17) is 10.5 Å². The van der Waals surface area contributed by atoms with Gasteiger partial charge in [0.25, 0.3) is 0 Å². The molecule has 4 nitrogen and oxygen atoms in total. The predicted molar refractivity (Wildman–Crippen MR) is 91.1 cm³/mol. The topological polar surface area (TPSA) is 55.6 Å². The average molecular weight is 334 g/mol. The van der Waals surface area contributed by atoms with Crippen LogP contribution in [0.1, 0.15) is 38.2 Å². The predicted octanol–water partition coefficient (Wildman–Crippen LogP) is 2.46. The zero-order valence-corrected chi connectivity index (χ0v) is 14.3. The molecule has 2 N–H and O–H groups in total. The summed E-state index contributed by atoms with van der Waals surface area (Å²) in [7, 11) is 0. The summed E-state index contributed by atoms with van der Waals surface area (Å²) in [6.45, 7) is 4.55. The van der Waals surface area contributed by atoms with E-state index in [1.165, 1.54) is 12.1 Å². The number of hydrogen-bond donors (Lipinski definition) is 1. The Balaban J connectivity index is 1.89. The SMILES string of the molecule is CC(N)C1CCCN(C(=O)C2(c3cccc(F)c3)CCOCC2)C1. The Morgan fingerprint density at radius 2 is 2.17 bits per heavy atom. The summed E-state index contributed by atoms with van der Waals surface area (Å²) in [5.41, 5.74) is 6.17. The third-order valence-corrected chi connectivity index (χ3v) is 5.62. The van der Waals surface area contributed by atoms with E-state index < -0.39 is 5.41 Å². The Hall–Kier alpha value is -1.46. The van der Waals surface area contributed by atoms with Crippen LogP contribution in [0.3, 0.4) is 0 Å². The van der Waals surface area contributed by atoms with Gasteiger partial charge in [-0.25, -0.2) is 4.39 Å². The summed E-state index contributed by atoms with van der Waals surface area (Å²) in [6.07, 6.45) is 3.26. The first-order chi connectivity index (χ1) is 11.5. The van der Waals surface area contributed by atoms with Crippen molar-refractivity contribution < 1.29 is 13.9 Å². The smallest absolute Gasteiger partial charge is 0.233 e. The van der Waals surface area contributed by atoms with Crippen LogP contribution < -0.4 is 5.73 Å². The number of nitrogens with two attached hydrogens (primary N) is 1. The molecule has 132 valence electrons. The zero-order valence-electron chi connectivity index (χ0n) is 14.3. The van der Waals surface area contributed by atoms with Crippen LogP contribution in [-0.2, 0) is 14.9 Å². The lowest BCUT2D eigenvalue weighted by molar-refractivity contribution is -0.143. The maximum Gasteiger partial charge on any atom is 0.233 e. The van der Waals surface area contributed by atoms with E-state index in [1.807, 2.05) is 17.9 Å². The van der Waals surface area contributed by atoms with Crippen molar-refractivity contribution in [3.8, 4) is 0 Å². The molecule has 0 aromatic heterocycles. The van der Waals surface area contributed by atoms with Crippen LogP contribution in [-0.4, -0.2) is 43.2 Å². The highest BCUT2D eigenvalue weighted by Crippen LogP contribution is 2.38. The molecule has 0 spiro atoms. The highest BCUT2D eigenvalue weighted by atomic mass is 19.1. The molecule has 2 unspecified atom stereocenters. The highest BCUT2D eigenvalue weighted by molar-refractivity contribution is 5.88. The molecule has 2 aliphatic rings. The van der Waals surface area contributed by atoms with Gasteiger partial charge in [-0.05, 0) is 56.2 Å².